The molecule has 1 aromatic rings. The third-order valence-corrected chi connectivity index (χ3v) is 3.46. The van der Waals surface area contributed by atoms with Gasteiger partial charge in [-0.15, -0.1) is 0 Å². The number of benzene rings is 1. The lowest BCUT2D eigenvalue weighted by Gasteiger charge is -2.24. The average Bonchev–Trinajstić information content (AvgIpc) is 2.42. The van der Waals surface area contributed by atoms with Crippen molar-refractivity contribution in [2.45, 2.75) is 19.8 Å². The molecule has 0 aromatic heterocycles. The first-order valence-electron chi connectivity index (χ1n) is 6.77. The molecule has 20 heavy (non-hydrogen) atoms. The number of carbonyl (C=O) groups is 1. The maximum absolute atomic E-state index is 13.0. The van der Waals surface area contributed by atoms with E-state index in [4.69, 9.17) is 5.73 Å². The van der Waals surface area contributed by atoms with Gasteiger partial charge in [-0.2, -0.15) is 0 Å². The van der Waals surface area contributed by atoms with Gasteiger partial charge in [-0.1, -0.05) is 11.6 Å². The Morgan fingerprint density at radius 2 is 2.30 bits per heavy atom. The molecule has 0 unspecified atom stereocenters. The number of nitrogens with zero attached hydrogens (tertiary/aromatic N) is 1. The summed E-state index contributed by atoms with van der Waals surface area (Å²) in [6, 6.07) is 4.19. The molecular weight excluding hydrogens is 257 g/mol. The predicted octanol–water partition coefficient (Wildman–Crippen LogP) is 2.39. The number of hydrogen-bond donors (Lipinski definition) is 2. The third-order valence-electron chi connectivity index (χ3n) is 3.46. The van der Waals surface area contributed by atoms with Crippen LogP contribution in [0.5, 0.6) is 0 Å². The molecule has 0 spiro atoms. The van der Waals surface area contributed by atoms with Gasteiger partial charge in [0.1, 0.15) is 5.82 Å². The maximum atomic E-state index is 13.0. The molecule has 0 saturated heterocycles. The van der Waals surface area contributed by atoms with E-state index in [9.17, 15) is 9.18 Å². The van der Waals surface area contributed by atoms with Crippen LogP contribution in [0.2, 0.25) is 0 Å². The smallest absolute Gasteiger partial charge is 0.225 e. The number of hydrogen-bond acceptors (Lipinski definition) is 3. The van der Waals surface area contributed by atoms with Gasteiger partial charge in [-0.25, -0.2) is 4.39 Å². The van der Waals surface area contributed by atoms with E-state index in [0.717, 1.165) is 26.1 Å². The molecule has 108 valence electrons. The normalized spacial score (nSPS) is 15.8. The van der Waals surface area contributed by atoms with Crippen LogP contribution in [0.4, 0.5) is 15.8 Å². The van der Waals surface area contributed by atoms with Gasteiger partial charge in [0.15, 0.2) is 0 Å². The lowest BCUT2D eigenvalue weighted by Crippen LogP contribution is -2.31. The lowest BCUT2D eigenvalue weighted by atomic mass is 10.1. The van der Waals surface area contributed by atoms with Crippen LogP contribution in [0.1, 0.15) is 19.8 Å². The molecule has 1 heterocycles. The largest absolute Gasteiger partial charge is 0.396 e. The van der Waals surface area contributed by atoms with Crippen molar-refractivity contribution >= 4 is 17.3 Å². The van der Waals surface area contributed by atoms with Crippen molar-refractivity contribution < 1.29 is 9.18 Å². The van der Waals surface area contributed by atoms with Crippen molar-refractivity contribution in [1.82, 2.24) is 4.90 Å². The lowest BCUT2D eigenvalue weighted by molar-refractivity contribution is -0.116. The summed E-state index contributed by atoms with van der Waals surface area (Å²) in [5.74, 6) is -0.555. The molecule has 1 aliphatic rings. The Morgan fingerprint density at radius 3 is 2.95 bits per heavy atom. The zero-order valence-corrected chi connectivity index (χ0v) is 11.7. The minimum absolute atomic E-state index is 0.0412. The van der Waals surface area contributed by atoms with Gasteiger partial charge in [0, 0.05) is 31.7 Å². The molecule has 0 aliphatic carbocycles. The molecule has 0 fully saturated rings. The number of nitrogens with one attached hydrogen (secondary N) is 1. The Morgan fingerprint density at radius 1 is 1.50 bits per heavy atom. The topological polar surface area (TPSA) is 58.4 Å². The standard InChI is InChI=1S/C15H20FN3O/c1-11-4-7-19(8-5-11)9-6-15(20)18-12-2-3-13(16)14(17)10-12/h2-4,10H,5-9,17H2,1H3,(H,18,20). The zero-order valence-electron chi connectivity index (χ0n) is 11.7. The number of rotatable bonds is 4. The summed E-state index contributed by atoms with van der Waals surface area (Å²) in [4.78, 5) is 14.1. The summed E-state index contributed by atoms with van der Waals surface area (Å²) < 4.78 is 13.0. The number of anilines is 2. The second-order valence-electron chi connectivity index (χ2n) is 5.14. The quantitative estimate of drug-likeness (QED) is 0.656. The summed E-state index contributed by atoms with van der Waals surface area (Å²) in [6.45, 7) is 4.76. The van der Waals surface area contributed by atoms with Crippen LogP contribution in [0.15, 0.2) is 29.8 Å². The molecule has 1 aromatic carbocycles. The summed E-state index contributed by atoms with van der Waals surface area (Å²) in [7, 11) is 0. The van der Waals surface area contributed by atoms with E-state index in [1.807, 2.05) is 0 Å². The van der Waals surface area contributed by atoms with Crippen LogP contribution in [-0.2, 0) is 4.79 Å². The van der Waals surface area contributed by atoms with Crippen LogP contribution in [-0.4, -0.2) is 30.4 Å². The fourth-order valence-electron chi connectivity index (χ4n) is 2.12. The highest BCUT2D eigenvalue weighted by molar-refractivity contribution is 5.91. The SMILES string of the molecule is CC1=CCN(CCC(=O)Nc2ccc(F)c(N)c2)CC1. The van der Waals surface area contributed by atoms with E-state index < -0.39 is 5.82 Å². The van der Waals surface area contributed by atoms with Crippen molar-refractivity contribution in [3.8, 4) is 0 Å². The Kier molecular flexibility index (Phi) is 4.74. The van der Waals surface area contributed by atoms with Crippen LogP contribution >= 0.6 is 0 Å². The van der Waals surface area contributed by atoms with Crippen molar-refractivity contribution in [3.63, 3.8) is 0 Å². The van der Waals surface area contributed by atoms with Gasteiger partial charge in [0.05, 0.1) is 5.69 Å². The van der Waals surface area contributed by atoms with Gasteiger partial charge >= 0.3 is 0 Å². The number of amides is 1. The van der Waals surface area contributed by atoms with E-state index in [-0.39, 0.29) is 11.6 Å². The van der Waals surface area contributed by atoms with Crippen molar-refractivity contribution in [2.75, 3.05) is 30.7 Å². The van der Waals surface area contributed by atoms with Crippen LogP contribution in [0.25, 0.3) is 0 Å². The van der Waals surface area contributed by atoms with E-state index in [2.05, 4.69) is 23.2 Å². The van der Waals surface area contributed by atoms with Crippen molar-refractivity contribution in [3.05, 3.63) is 35.7 Å². The number of halogens is 1. The number of carbonyl (C=O) groups excluding carboxylic acids is 1. The van der Waals surface area contributed by atoms with Crippen molar-refractivity contribution in [2.24, 2.45) is 0 Å². The molecule has 0 saturated carbocycles. The minimum atomic E-state index is -0.474. The van der Waals surface area contributed by atoms with Gasteiger partial charge in [-0.05, 0) is 31.5 Å². The molecule has 5 heteroatoms. The monoisotopic (exact) mass is 277 g/mol. The number of nitrogen functional groups attached to an aromatic ring is 1. The summed E-state index contributed by atoms with van der Waals surface area (Å²) in [6.07, 6.45) is 3.68. The van der Waals surface area contributed by atoms with E-state index in [0.29, 0.717) is 12.1 Å². The Hall–Kier alpha value is -1.88. The van der Waals surface area contributed by atoms with Crippen LogP contribution < -0.4 is 11.1 Å². The van der Waals surface area contributed by atoms with Gasteiger partial charge in [-0.3, -0.25) is 9.69 Å². The first-order chi connectivity index (χ1) is 9.54. The molecule has 3 N–H and O–H groups in total. The Labute approximate surface area is 118 Å². The first-order valence-corrected chi connectivity index (χ1v) is 6.77. The molecule has 0 atom stereocenters. The average molecular weight is 277 g/mol. The van der Waals surface area contributed by atoms with Gasteiger partial charge in [0.2, 0.25) is 5.91 Å². The molecule has 0 radical (unpaired) electrons. The predicted molar refractivity (Wildman–Crippen MR) is 78.9 cm³/mol. The zero-order chi connectivity index (χ0) is 14.5. The van der Waals surface area contributed by atoms with Crippen LogP contribution in [0, 0.1) is 5.82 Å². The highest BCUT2D eigenvalue weighted by Crippen LogP contribution is 2.16. The fraction of sp³-hybridized carbons (Fsp3) is 0.400. The highest BCUT2D eigenvalue weighted by atomic mass is 19.1. The minimum Gasteiger partial charge on any atom is -0.396 e. The number of nitrogens with two attached hydrogens (primary N) is 1. The van der Waals surface area contributed by atoms with E-state index in [1.165, 1.54) is 23.8 Å². The fourth-order valence-corrected chi connectivity index (χ4v) is 2.12. The second kappa shape index (κ2) is 6.52. The molecule has 2 rings (SSSR count). The molecule has 4 nitrogen and oxygen atoms in total. The maximum Gasteiger partial charge on any atom is 0.225 e. The summed E-state index contributed by atoms with van der Waals surface area (Å²) in [5.41, 5.74) is 7.44. The summed E-state index contributed by atoms with van der Waals surface area (Å²) >= 11 is 0. The highest BCUT2D eigenvalue weighted by Gasteiger charge is 2.11. The van der Waals surface area contributed by atoms with Crippen molar-refractivity contribution in [1.29, 1.82) is 0 Å². The van der Waals surface area contributed by atoms with E-state index >= 15 is 0 Å². The van der Waals surface area contributed by atoms with Gasteiger partial charge < -0.3 is 11.1 Å². The molecule has 0 bridgehead atoms. The Balaban J connectivity index is 1.79. The second-order valence-corrected chi connectivity index (χ2v) is 5.14. The molecule has 1 amide bonds. The van der Waals surface area contributed by atoms with E-state index in [1.54, 1.807) is 0 Å². The Bertz CT molecular complexity index is 528. The van der Waals surface area contributed by atoms with Gasteiger partial charge in [0.25, 0.3) is 0 Å². The summed E-state index contributed by atoms with van der Waals surface area (Å²) in [5, 5.41) is 2.73. The van der Waals surface area contributed by atoms with Crippen LogP contribution in [0.3, 0.4) is 0 Å². The first kappa shape index (κ1) is 14.5. The third kappa shape index (κ3) is 4.06. The molecule has 1 aliphatic heterocycles. The molecular formula is C15H20FN3O.